The summed E-state index contributed by atoms with van der Waals surface area (Å²) in [5, 5.41) is 53.5. The Balaban J connectivity index is 2.11. The highest BCUT2D eigenvalue weighted by molar-refractivity contribution is 5.99. The zero-order valence-corrected chi connectivity index (χ0v) is 36.2. The smallest absolute Gasteiger partial charge is 0.309 e. The van der Waals surface area contributed by atoms with Crippen molar-refractivity contribution in [1.82, 2.24) is 0 Å². The Labute approximate surface area is 355 Å². The van der Waals surface area contributed by atoms with Gasteiger partial charge in [0.05, 0.1) is 36.9 Å². The van der Waals surface area contributed by atoms with Crippen molar-refractivity contribution in [3.63, 3.8) is 0 Å². The van der Waals surface area contributed by atoms with Crippen molar-refractivity contribution in [2.45, 2.75) is 129 Å². The van der Waals surface area contributed by atoms with Crippen molar-refractivity contribution in [3.8, 4) is 0 Å². The standard InChI is InChI=1S/C47H66O13/c1-29-20-19-21-31(3)42(53)38(50)24-17-11-10-12-18-25-40(60-41(52)27-26-30(2)39(51)28-29)33(5)43(54)32(4)36(48)22-15-13-14-16-23-37(49)34(6)58-47-46(57-9)44(55)45(56-8)35(7)59-47/h10-24,26,28,32-35,37-40,43-47,49-51,54-55H,25,27H2,1-9H3/b11-10+,14-13+,18-12+,20-19+,22-15+,23-16+,24-17+,29-28+,30-26+,31-21+/t32-,33+,34+,35+,37-,38-,39+,40+,43-,44-,45+,46+,47+/m0/s1. The molecule has 1 fully saturated rings. The average molecular weight is 839 g/mol. The van der Waals surface area contributed by atoms with Gasteiger partial charge in [0, 0.05) is 32.5 Å². The molecule has 0 aliphatic carbocycles. The number of carbonyl (C=O) groups excluding carboxylic acids is 3. The van der Waals surface area contributed by atoms with Gasteiger partial charge in [-0.15, -0.1) is 0 Å². The third-order valence-corrected chi connectivity index (χ3v) is 10.4. The van der Waals surface area contributed by atoms with E-state index in [0.29, 0.717) is 16.7 Å². The highest BCUT2D eigenvalue weighted by Gasteiger charge is 2.45. The molecule has 332 valence electrons. The molecule has 13 heteroatoms. The molecule has 0 spiro atoms. The quantitative estimate of drug-likeness (QED) is 0.0734. The molecule has 0 amide bonds. The van der Waals surface area contributed by atoms with Crippen LogP contribution in [0.5, 0.6) is 0 Å². The zero-order chi connectivity index (χ0) is 44.9. The van der Waals surface area contributed by atoms with Crippen molar-refractivity contribution in [3.05, 3.63) is 120 Å². The number of carbonyl (C=O) groups is 3. The van der Waals surface area contributed by atoms with Crippen LogP contribution in [0.1, 0.15) is 61.3 Å². The van der Waals surface area contributed by atoms with E-state index >= 15 is 0 Å². The maximum Gasteiger partial charge on any atom is 0.309 e. The maximum absolute atomic E-state index is 13.1. The lowest BCUT2D eigenvalue weighted by Crippen LogP contribution is -2.59. The third kappa shape index (κ3) is 17.1. The van der Waals surface area contributed by atoms with E-state index in [9.17, 15) is 39.9 Å². The number of hydrogen-bond acceptors (Lipinski definition) is 13. The lowest BCUT2D eigenvalue weighted by Gasteiger charge is -2.43. The first-order valence-electron chi connectivity index (χ1n) is 20.2. The Morgan fingerprint density at radius 3 is 2.23 bits per heavy atom. The summed E-state index contributed by atoms with van der Waals surface area (Å²) in [5.41, 5.74) is 1.59. The molecule has 0 aromatic carbocycles. The predicted molar refractivity (Wildman–Crippen MR) is 229 cm³/mol. The van der Waals surface area contributed by atoms with E-state index < -0.39 is 90.9 Å². The fourth-order valence-electron chi connectivity index (χ4n) is 6.31. The number of rotatable bonds is 13. The molecule has 1 saturated heterocycles. The van der Waals surface area contributed by atoms with Crippen LogP contribution in [0.25, 0.3) is 0 Å². The predicted octanol–water partition coefficient (Wildman–Crippen LogP) is 4.82. The Bertz CT molecular complexity index is 1700. The lowest BCUT2D eigenvalue weighted by molar-refractivity contribution is -0.314. The number of ether oxygens (including phenoxy) is 5. The lowest BCUT2D eigenvalue weighted by atomic mass is 9.85. The minimum atomic E-state index is -1.33. The Morgan fingerprint density at radius 1 is 0.883 bits per heavy atom. The molecule has 2 aliphatic heterocycles. The van der Waals surface area contributed by atoms with E-state index in [0.717, 1.165) is 0 Å². The number of aliphatic hydroxyl groups excluding tert-OH is 5. The van der Waals surface area contributed by atoms with Gasteiger partial charge in [-0.25, -0.2) is 0 Å². The Morgan fingerprint density at radius 2 is 1.55 bits per heavy atom. The van der Waals surface area contributed by atoms with Crippen LogP contribution in [-0.4, -0.2) is 125 Å². The van der Waals surface area contributed by atoms with Crippen LogP contribution >= 0.6 is 0 Å². The number of Topliss-reactive ketones (excluding diaryl/α,β-unsaturated/α-hetero) is 1. The van der Waals surface area contributed by atoms with E-state index in [-0.39, 0.29) is 18.6 Å². The molecule has 0 bridgehead atoms. The largest absolute Gasteiger partial charge is 0.461 e. The Kier molecular flexibility index (Phi) is 23.3. The second kappa shape index (κ2) is 26.9. The number of allylic oxidation sites excluding steroid dienone is 13. The molecule has 5 N–H and O–H groups in total. The summed E-state index contributed by atoms with van der Waals surface area (Å²) in [5.74, 6) is -2.90. The summed E-state index contributed by atoms with van der Waals surface area (Å²) in [7, 11) is 2.90. The fraction of sp³-hybridized carbons (Fsp3) is 0.511. The van der Waals surface area contributed by atoms with Crippen LogP contribution in [0.15, 0.2) is 120 Å². The molecule has 60 heavy (non-hydrogen) atoms. The average Bonchev–Trinajstić information content (AvgIpc) is 3.21. The minimum Gasteiger partial charge on any atom is -0.461 e. The molecule has 13 nitrogen and oxygen atoms in total. The van der Waals surface area contributed by atoms with Gasteiger partial charge in [-0.1, -0.05) is 104 Å². The second-order valence-corrected chi connectivity index (χ2v) is 15.1. The molecule has 2 heterocycles. The number of aliphatic hydroxyl groups is 5. The highest BCUT2D eigenvalue weighted by Crippen LogP contribution is 2.27. The van der Waals surface area contributed by atoms with Crippen LogP contribution in [0.4, 0.5) is 0 Å². The molecule has 0 unspecified atom stereocenters. The topological polar surface area (TPSA) is 199 Å². The second-order valence-electron chi connectivity index (χ2n) is 15.1. The number of esters is 1. The number of hydrogen-bond donors (Lipinski definition) is 5. The van der Waals surface area contributed by atoms with Crippen LogP contribution in [0, 0.1) is 11.8 Å². The molecule has 13 atom stereocenters. The molecular weight excluding hydrogens is 773 g/mol. The summed E-state index contributed by atoms with van der Waals surface area (Å²) in [6.45, 7) is 11.8. The maximum atomic E-state index is 13.1. The van der Waals surface area contributed by atoms with Gasteiger partial charge < -0.3 is 49.2 Å². The SMILES string of the molecule is CO[C@H]1[C@H](O[C@H](C)[C@@H](O)/C=C/C=C/C=C/C(=O)[C@H](C)[C@H](O)[C@H](C)[C@H]2C/C=C/C=C/C=C/[C@H](O)C(=O)/C(C)=C/C=C/C(C)=C/[C@@H](O)/C(C)=C/CC(=O)O2)O[C@H](C)[C@@H](OC)[C@@H]1O. The fourth-order valence-corrected chi connectivity index (χ4v) is 6.31. The Hall–Kier alpha value is -4.15. The van der Waals surface area contributed by atoms with Crippen molar-refractivity contribution in [2.75, 3.05) is 14.2 Å². The van der Waals surface area contributed by atoms with E-state index in [1.54, 1.807) is 121 Å². The van der Waals surface area contributed by atoms with Gasteiger partial charge in [-0.2, -0.15) is 0 Å². The molecule has 2 rings (SSSR count). The van der Waals surface area contributed by atoms with Gasteiger partial charge >= 0.3 is 5.97 Å². The van der Waals surface area contributed by atoms with E-state index in [2.05, 4.69) is 0 Å². The first kappa shape index (κ1) is 52.0. The van der Waals surface area contributed by atoms with Gasteiger partial charge in [0.15, 0.2) is 17.9 Å². The molecule has 0 radical (unpaired) electrons. The van der Waals surface area contributed by atoms with E-state index in [1.807, 2.05) is 0 Å². The summed E-state index contributed by atoms with van der Waals surface area (Å²) in [4.78, 5) is 38.7. The molecule has 0 saturated carbocycles. The van der Waals surface area contributed by atoms with Crippen molar-refractivity contribution >= 4 is 17.5 Å². The minimum absolute atomic E-state index is 0.130. The monoisotopic (exact) mass is 838 g/mol. The zero-order valence-electron chi connectivity index (χ0n) is 36.2. The number of cyclic esters (lactones) is 1. The number of methoxy groups -OCH3 is 2. The summed E-state index contributed by atoms with van der Waals surface area (Å²) >= 11 is 0. The molecule has 0 aromatic heterocycles. The van der Waals surface area contributed by atoms with Crippen LogP contribution in [0.2, 0.25) is 0 Å². The van der Waals surface area contributed by atoms with Gasteiger partial charge in [0.1, 0.15) is 30.5 Å². The van der Waals surface area contributed by atoms with E-state index in [1.165, 1.54) is 44.6 Å². The van der Waals surface area contributed by atoms with Crippen molar-refractivity contribution in [1.29, 1.82) is 0 Å². The first-order valence-corrected chi connectivity index (χ1v) is 20.2. The van der Waals surface area contributed by atoms with Gasteiger partial charge in [0.2, 0.25) is 0 Å². The van der Waals surface area contributed by atoms with Crippen LogP contribution in [-0.2, 0) is 38.1 Å². The highest BCUT2D eigenvalue weighted by atomic mass is 16.7. The van der Waals surface area contributed by atoms with Gasteiger partial charge in [0.25, 0.3) is 0 Å². The summed E-state index contributed by atoms with van der Waals surface area (Å²) < 4.78 is 28.2. The van der Waals surface area contributed by atoms with Crippen LogP contribution in [0.3, 0.4) is 0 Å². The van der Waals surface area contributed by atoms with Crippen molar-refractivity contribution in [2.24, 2.45) is 11.8 Å². The van der Waals surface area contributed by atoms with Gasteiger partial charge in [-0.3, -0.25) is 14.4 Å². The van der Waals surface area contributed by atoms with Gasteiger partial charge in [-0.05, 0) is 64.0 Å². The normalized spacial score (nSPS) is 34.3. The van der Waals surface area contributed by atoms with Crippen LogP contribution < -0.4 is 0 Å². The molecular formula is C47H66O13. The first-order chi connectivity index (χ1) is 28.4. The van der Waals surface area contributed by atoms with Crippen molar-refractivity contribution < 1.29 is 63.6 Å². The molecule has 0 aromatic rings. The molecule has 2 aliphatic rings. The summed E-state index contributed by atoms with van der Waals surface area (Å²) in [6, 6.07) is 0. The summed E-state index contributed by atoms with van der Waals surface area (Å²) in [6.07, 6.45) is 17.1. The number of ketones is 2. The van der Waals surface area contributed by atoms with E-state index in [4.69, 9.17) is 23.7 Å². The third-order valence-electron chi connectivity index (χ3n) is 10.4.